The van der Waals surface area contributed by atoms with E-state index >= 15 is 0 Å². The first-order valence-electron chi connectivity index (χ1n) is 8.87. The van der Waals surface area contributed by atoms with Gasteiger partial charge in [0.25, 0.3) is 5.91 Å². The highest BCUT2D eigenvalue weighted by Gasteiger charge is 2.37. The van der Waals surface area contributed by atoms with Gasteiger partial charge in [0.15, 0.2) is 0 Å². The molecule has 1 fully saturated rings. The molecule has 2 amide bonds. The Morgan fingerprint density at radius 2 is 1.55 bits per heavy atom. The third-order valence-electron chi connectivity index (χ3n) is 4.55. The fourth-order valence-electron chi connectivity index (χ4n) is 3.01. The van der Waals surface area contributed by atoms with E-state index in [4.69, 9.17) is 4.74 Å². The van der Waals surface area contributed by atoms with Gasteiger partial charge in [0.2, 0.25) is 0 Å². The number of nitrogens with zero attached hydrogens (tertiary/aromatic N) is 2. The Hall–Kier alpha value is -3.10. The molecule has 3 rings (SSSR count). The summed E-state index contributed by atoms with van der Waals surface area (Å²) < 4.78 is 58.1. The van der Waals surface area contributed by atoms with Gasteiger partial charge in [-0.1, -0.05) is 30.3 Å². The Kier molecular flexibility index (Phi) is 6.05. The predicted octanol–water partition coefficient (Wildman–Crippen LogP) is 3.94. The topological polar surface area (TPSA) is 49.9 Å². The van der Waals surface area contributed by atoms with Gasteiger partial charge in [-0.2, -0.15) is 13.2 Å². The molecule has 154 valence electrons. The molecule has 0 spiro atoms. The lowest BCUT2D eigenvalue weighted by Gasteiger charge is -2.34. The van der Waals surface area contributed by atoms with E-state index in [9.17, 15) is 27.2 Å². The maximum absolute atomic E-state index is 13.4. The minimum atomic E-state index is -4.78. The van der Waals surface area contributed by atoms with Crippen molar-refractivity contribution in [1.82, 2.24) is 9.80 Å². The zero-order chi connectivity index (χ0) is 21.0. The Morgan fingerprint density at radius 1 is 0.931 bits per heavy atom. The van der Waals surface area contributed by atoms with Crippen LogP contribution >= 0.6 is 0 Å². The molecule has 0 aromatic heterocycles. The molecule has 29 heavy (non-hydrogen) atoms. The van der Waals surface area contributed by atoms with Gasteiger partial charge in [-0.3, -0.25) is 4.79 Å². The van der Waals surface area contributed by atoms with Crippen molar-refractivity contribution >= 4 is 12.0 Å². The van der Waals surface area contributed by atoms with Crippen LogP contribution in [0.3, 0.4) is 0 Å². The number of halogens is 4. The number of hydrogen-bond acceptors (Lipinski definition) is 3. The van der Waals surface area contributed by atoms with E-state index < -0.39 is 35.1 Å². The molecule has 0 unspecified atom stereocenters. The summed E-state index contributed by atoms with van der Waals surface area (Å²) in [5.74, 6) is -1.85. The Balaban J connectivity index is 1.60. The monoisotopic (exact) mass is 410 g/mol. The van der Waals surface area contributed by atoms with E-state index in [1.54, 1.807) is 12.1 Å². The molecule has 5 nitrogen and oxygen atoms in total. The summed E-state index contributed by atoms with van der Waals surface area (Å²) in [4.78, 5) is 27.2. The van der Waals surface area contributed by atoms with Gasteiger partial charge in [0.05, 0.1) is 11.1 Å². The number of benzene rings is 2. The van der Waals surface area contributed by atoms with Crippen LogP contribution in [0.15, 0.2) is 48.5 Å². The summed E-state index contributed by atoms with van der Waals surface area (Å²) in [5, 5.41) is 0. The van der Waals surface area contributed by atoms with Gasteiger partial charge < -0.3 is 14.5 Å². The molecule has 1 saturated heterocycles. The van der Waals surface area contributed by atoms with E-state index in [1.807, 2.05) is 18.2 Å². The SMILES string of the molecule is O=C(OCc1ccccc1)N1CCN(C(=O)c2cc(F)ccc2C(F)(F)F)CC1. The van der Waals surface area contributed by atoms with Crippen LogP contribution in [0.1, 0.15) is 21.5 Å². The third kappa shape index (κ3) is 5.04. The first-order chi connectivity index (χ1) is 13.8. The number of hydrogen-bond donors (Lipinski definition) is 0. The normalized spacial score (nSPS) is 14.6. The fraction of sp³-hybridized carbons (Fsp3) is 0.300. The molecule has 2 aromatic carbocycles. The summed E-state index contributed by atoms with van der Waals surface area (Å²) in [6, 6.07) is 10.9. The second kappa shape index (κ2) is 8.50. The number of amides is 2. The quantitative estimate of drug-likeness (QED) is 0.721. The number of ether oxygens (including phenoxy) is 1. The summed E-state index contributed by atoms with van der Waals surface area (Å²) in [7, 11) is 0. The molecule has 1 heterocycles. The lowest BCUT2D eigenvalue weighted by atomic mass is 10.0. The van der Waals surface area contributed by atoms with E-state index in [-0.39, 0.29) is 32.8 Å². The van der Waals surface area contributed by atoms with Gasteiger partial charge in [-0.15, -0.1) is 0 Å². The third-order valence-corrected chi connectivity index (χ3v) is 4.55. The molecule has 0 aliphatic carbocycles. The van der Waals surface area contributed by atoms with Crippen molar-refractivity contribution in [2.75, 3.05) is 26.2 Å². The van der Waals surface area contributed by atoms with Gasteiger partial charge in [-0.05, 0) is 23.8 Å². The largest absolute Gasteiger partial charge is 0.445 e. The minimum absolute atomic E-state index is 0.0209. The first-order valence-corrected chi connectivity index (χ1v) is 8.87. The second-order valence-corrected chi connectivity index (χ2v) is 6.51. The van der Waals surface area contributed by atoms with Crippen LogP contribution in [-0.4, -0.2) is 48.0 Å². The van der Waals surface area contributed by atoms with Crippen molar-refractivity contribution in [3.8, 4) is 0 Å². The van der Waals surface area contributed by atoms with Crippen molar-refractivity contribution in [2.45, 2.75) is 12.8 Å². The van der Waals surface area contributed by atoms with Gasteiger partial charge in [0, 0.05) is 26.2 Å². The van der Waals surface area contributed by atoms with Crippen LogP contribution in [0, 0.1) is 5.82 Å². The van der Waals surface area contributed by atoms with Crippen LogP contribution in [0.2, 0.25) is 0 Å². The van der Waals surface area contributed by atoms with Crippen molar-refractivity contribution in [1.29, 1.82) is 0 Å². The average molecular weight is 410 g/mol. The maximum Gasteiger partial charge on any atom is 0.417 e. The highest BCUT2D eigenvalue weighted by molar-refractivity contribution is 5.96. The van der Waals surface area contributed by atoms with Crippen LogP contribution in [0.4, 0.5) is 22.4 Å². The van der Waals surface area contributed by atoms with Crippen LogP contribution in [-0.2, 0) is 17.5 Å². The zero-order valence-electron chi connectivity index (χ0n) is 15.3. The zero-order valence-corrected chi connectivity index (χ0v) is 15.3. The minimum Gasteiger partial charge on any atom is -0.445 e. The molecule has 0 atom stereocenters. The molecule has 9 heteroatoms. The van der Waals surface area contributed by atoms with E-state index in [0.717, 1.165) is 5.56 Å². The summed E-state index contributed by atoms with van der Waals surface area (Å²) in [6.07, 6.45) is -5.34. The van der Waals surface area contributed by atoms with Crippen molar-refractivity contribution < 1.29 is 31.9 Å². The standard InChI is InChI=1S/C20H18F4N2O3/c21-15-6-7-17(20(22,23)24)16(12-15)18(27)25-8-10-26(11-9-25)19(28)29-13-14-4-2-1-3-5-14/h1-7,12H,8-11,13H2. The van der Waals surface area contributed by atoms with Gasteiger partial charge >= 0.3 is 12.3 Å². The molecular formula is C20H18F4N2O3. The molecule has 0 bridgehead atoms. The average Bonchev–Trinajstić information content (AvgIpc) is 2.71. The Labute approximate surface area is 164 Å². The first kappa shape index (κ1) is 20.6. The van der Waals surface area contributed by atoms with E-state index in [0.29, 0.717) is 18.2 Å². The molecule has 0 saturated carbocycles. The fourth-order valence-corrected chi connectivity index (χ4v) is 3.01. The smallest absolute Gasteiger partial charge is 0.417 e. The lowest BCUT2D eigenvalue weighted by molar-refractivity contribution is -0.138. The Bertz CT molecular complexity index is 879. The van der Waals surface area contributed by atoms with Crippen LogP contribution in [0.25, 0.3) is 0 Å². The molecule has 0 N–H and O–H groups in total. The molecule has 2 aromatic rings. The van der Waals surface area contributed by atoms with Crippen molar-refractivity contribution in [3.63, 3.8) is 0 Å². The van der Waals surface area contributed by atoms with E-state index in [1.165, 1.54) is 9.80 Å². The number of rotatable bonds is 3. The molecule has 1 aliphatic heterocycles. The molecule has 1 aliphatic rings. The highest BCUT2D eigenvalue weighted by atomic mass is 19.4. The number of carbonyl (C=O) groups is 2. The summed E-state index contributed by atoms with van der Waals surface area (Å²) in [6.45, 7) is 0.350. The van der Waals surface area contributed by atoms with Crippen LogP contribution < -0.4 is 0 Å². The van der Waals surface area contributed by atoms with Crippen molar-refractivity contribution in [2.24, 2.45) is 0 Å². The maximum atomic E-state index is 13.4. The molecular weight excluding hydrogens is 392 g/mol. The Morgan fingerprint density at radius 3 is 2.17 bits per heavy atom. The number of alkyl halides is 3. The summed E-state index contributed by atoms with van der Waals surface area (Å²) in [5.41, 5.74) is -1.10. The van der Waals surface area contributed by atoms with E-state index in [2.05, 4.69) is 0 Å². The van der Waals surface area contributed by atoms with Crippen LogP contribution in [0.5, 0.6) is 0 Å². The van der Waals surface area contributed by atoms with Crippen molar-refractivity contribution in [3.05, 3.63) is 71.0 Å². The highest BCUT2D eigenvalue weighted by Crippen LogP contribution is 2.33. The molecule has 0 radical (unpaired) electrons. The predicted molar refractivity (Wildman–Crippen MR) is 95.5 cm³/mol. The second-order valence-electron chi connectivity index (χ2n) is 6.51. The lowest BCUT2D eigenvalue weighted by Crippen LogP contribution is -2.51. The van der Waals surface area contributed by atoms with Gasteiger partial charge in [0.1, 0.15) is 12.4 Å². The summed E-state index contributed by atoms with van der Waals surface area (Å²) >= 11 is 0. The van der Waals surface area contributed by atoms with Gasteiger partial charge in [-0.25, -0.2) is 9.18 Å². The number of carbonyl (C=O) groups excluding carboxylic acids is 2. The number of piperazine rings is 1.